The normalized spacial score (nSPS) is 16.8. The molecule has 0 heterocycles. The van der Waals surface area contributed by atoms with Crippen molar-refractivity contribution < 1.29 is 57.2 Å². The Morgan fingerprint density at radius 3 is 1.80 bits per heavy atom. The molecule has 5 rings (SSSR count). The Labute approximate surface area is 326 Å². The molecule has 3 aromatic carbocycles. The third-order valence-corrected chi connectivity index (χ3v) is 9.87. The van der Waals surface area contributed by atoms with Gasteiger partial charge in [-0.1, -0.05) is 25.8 Å². The number of carbonyl (C=O) groups excluding carboxylic acids is 6. The first kappa shape index (κ1) is 41.4. The summed E-state index contributed by atoms with van der Waals surface area (Å²) in [6.07, 6.45) is 11.3. The molecule has 2 aliphatic carbocycles. The average molecular weight is 769 g/mol. The van der Waals surface area contributed by atoms with Crippen molar-refractivity contribution >= 4 is 36.1 Å². The molecule has 2 aliphatic rings. The lowest BCUT2D eigenvalue weighted by molar-refractivity contribution is -0.141. The van der Waals surface area contributed by atoms with Crippen LogP contribution in [0.1, 0.15) is 115 Å². The van der Waals surface area contributed by atoms with Gasteiger partial charge in [0.05, 0.1) is 36.2 Å². The van der Waals surface area contributed by atoms with Crippen molar-refractivity contribution in [1.82, 2.24) is 0 Å². The number of benzene rings is 3. The van der Waals surface area contributed by atoms with Crippen LogP contribution in [-0.2, 0) is 23.9 Å². The van der Waals surface area contributed by atoms with Crippen molar-refractivity contribution in [2.45, 2.75) is 89.6 Å². The van der Waals surface area contributed by atoms with Crippen LogP contribution in [0, 0.1) is 11.8 Å². The molecule has 2 saturated carbocycles. The summed E-state index contributed by atoms with van der Waals surface area (Å²) in [4.78, 5) is 74.1. The topological polar surface area (TPSA) is 158 Å². The number of esters is 5. The van der Waals surface area contributed by atoms with Crippen LogP contribution in [0.4, 0.5) is 0 Å². The predicted molar refractivity (Wildman–Crippen MR) is 204 cm³/mol. The molecule has 0 amide bonds. The predicted octanol–water partition coefficient (Wildman–Crippen LogP) is 8.19. The van der Waals surface area contributed by atoms with Gasteiger partial charge in [-0.15, -0.1) is 0 Å². The number of aldehydes is 1. The average Bonchev–Trinajstić information content (AvgIpc) is 3.22. The molecule has 0 spiro atoms. The van der Waals surface area contributed by atoms with Gasteiger partial charge in [-0.05, 0) is 131 Å². The highest BCUT2D eigenvalue weighted by Gasteiger charge is 2.30. The van der Waals surface area contributed by atoms with E-state index < -0.39 is 24.0 Å². The summed E-state index contributed by atoms with van der Waals surface area (Å²) in [7, 11) is 0. The van der Waals surface area contributed by atoms with E-state index >= 15 is 0 Å². The van der Waals surface area contributed by atoms with Gasteiger partial charge < -0.3 is 28.4 Å². The van der Waals surface area contributed by atoms with E-state index in [2.05, 4.69) is 6.58 Å². The fourth-order valence-electron chi connectivity index (χ4n) is 6.66. The number of ether oxygens (including phenoxy) is 6. The van der Waals surface area contributed by atoms with Crippen molar-refractivity contribution in [3.8, 4) is 23.0 Å². The van der Waals surface area contributed by atoms with E-state index in [0.29, 0.717) is 62.4 Å². The van der Waals surface area contributed by atoms with Gasteiger partial charge in [0.15, 0.2) is 6.29 Å². The number of hydrogen-bond donors (Lipinski definition) is 0. The maximum Gasteiger partial charge on any atom is 0.343 e. The van der Waals surface area contributed by atoms with Gasteiger partial charge in [0, 0.05) is 11.6 Å². The van der Waals surface area contributed by atoms with Crippen LogP contribution in [0.2, 0.25) is 0 Å². The SMILES string of the molecule is C=CC(=O)OCCCCCCOc1ccc(OC(=O)[C@H]2CC[C@H](OC(=O)c3ccc(OC(=O)c4ccc(OC(=O)C5CCCCC5)cc4)cc3C=O)CC2)cc1. The van der Waals surface area contributed by atoms with Crippen molar-refractivity contribution in [2.75, 3.05) is 13.2 Å². The molecule has 0 N–H and O–H groups in total. The van der Waals surface area contributed by atoms with E-state index in [1.165, 1.54) is 42.5 Å². The summed E-state index contributed by atoms with van der Waals surface area (Å²) in [6.45, 7) is 4.28. The molecule has 0 unspecified atom stereocenters. The van der Waals surface area contributed by atoms with Gasteiger partial charge in [-0.3, -0.25) is 14.4 Å². The van der Waals surface area contributed by atoms with E-state index in [0.717, 1.165) is 63.9 Å². The summed E-state index contributed by atoms with van der Waals surface area (Å²) in [5, 5.41) is 0. The molecule has 12 nitrogen and oxygen atoms in total. The van der Waals surface area contributed by atoms with Gasteiger partial charge in [0.25, 0.3) is 0 Å². The number of carbonyl (C=O) groups is 6. The maximum absolute atomic E-state index is 13.1. The molecule has 0 atom stereocenters. The van der Waals surface area contributed by atoms with E-state index in [4.69, 9.17) is 28.4 Å². The van der Waals surface area contributed by atoms with Crippen molar-refractivity contribution in [1.29, 1.82) is 0 Å². The summed E-state index contributed by atoms with van der Waals surface area (Å²) >= 11 is 0. The molecule has 0 bridgehead atoms. The van der Waals surface area contributed by atoms with Crippen LogP contribution in [0.5, 0.6) is 23.0 Å². The van der Waals surface area contributed by atoms with E-state index in [1.54, 1.807) is 24.3 Å². The number of hydrogen-bond acceptors (Lipinski definition) is 12. The Morgan fingerprint density at radius 2 is 1.18 bits per heavy atom. The second-order valence-electron chi connectivity index (χ2n) is 13.9. The quantitative estimate of drug-likeness (QED) is 0.0402. The van der Waals surface area contributed by atoms with Crippen LogP contribution in [0.3, 0.4) is 0 Å². The molecule has 0 aromatic heterocycles. The maximum atomic E-state index is 13.1. The molecule has 0 radical (unpaired) electrons. The summed E-state index contributed by atoms with van der Waals surface area (Å²) in [5.41, 5.74) is 0.240. The Morgan fingerprint density at radius 1 is 0.607 bits per heavy atom. The van der Waals surface area contributed by atoms with Crippen LogP contribution in [-0.4, -0.2) is 55.5 Å². The van der Waals surface area contributed by atoms with E-state index in [-0.39, 0.29) is 46.2 Å². The molecule has 12 heteroatoms. The third-order valence-electron chi connectivity index (χ3n) is 9.87. The second-order valence-corrected chi connectivity index (χ2v) is 13.9. The summed E-state index contributed by atoms with van der Waals surface area (Å²) in [5.74, 6) is -1.39. The largest absolute Gasteiger partial charge is 0.494 e. The van der Waals surface area contributed by atoms with Crippen molar-refractivity contribution in [2.24, 2.45) is 11.8 Å². The third kappa shape index (κ3) is 12.6. The minimum Gasteiger partial charge on any atom is -0.494 e. The summed E-state index contributed by atoms with van der Waals surface area (Å²) in [6, 6.07) is 17.0. The highest BCUT2D eigenvalue weighted by atomic mass is 16.6. The first-order valence-electron chi connectivity index (χ1n) is 19.3. The Balaban J connectivity index is 1.01. The van der Waals surface area contributed by atoms with Gasteiger partial charge in [-0.25, -0.2) is 14.4 Å². The standard InChI is InChI=1S/C44H48O12/c1-2-40(46)52-27-9-4-3-8-26-51-34-20-22-37(23-21-34)54-42(48)31-14-18-36(19-15-31)55-44(50)39-25-24-38(28-33(39)29-45)56-43(49)32-12-16-35(17-13-32)53-41(47)30-10-6-5-7-11-30/h2,12-13,16-17,20-25,28-31,36H,1,3-11,14-15,18-19,26-27H2/t31-,36-. The first-order valence-corrected chi connectivity index (χ1v) is 19.3. The van der Waals surface area contributed by atoms with E-state index in [9.17, 15) is 28.8 Å². The zero-order chi connectivity index (χ0) is 39.7. The van der Waals surface area contributed by atoms with Gasteiger partial charge in [0.2, 0.25) is 0 Å². The molecule has 0 saturated heterocycles. The second kappa shape index (κ2) is 21.3. The molecule has 0 aliphatic heterocycles. The van der Waals surface area contributed by atoms with Crippen LogP contribution in [0.25, 0.3) is 0 Å². The Hall–Kier alpha value is -5.78. The number of rotatable bonds is 18. The molecule has 2 fully saturated rings. The molecular weight excluding hydrogens is 720 g/mol. The molecular formula is C44H48O12. The van der Waals surface area contributed by atoms with Crippen LogP contribution in [0.15, 0.2) is 79.4 Å². The highest BCUT2D eigenvalue weighted by molar-refractivity contribution is 5.99. The fraction of sp³-hybridized carbons (Fsp3) is 0.409. The Bertz CT molecular complexity index is 1820. The lowest BCUT2D eigenvalue weighted by atomic mass is 9.87. The first-order chi connectivity index (χ1) is 27.2. The van der Waals surface area contributed by atoms with Crippen LogP contribution >= 0.6 is 0 Å². The highest BCUT2D eigenvalue weighted by Crippen LogP contribution is 2.30. The monoisotopic (exact) mass is 768 g/mol. The summed E-state index contributed by atoms with van der Waals surface area (Å²) < 4.78 is 33.0. The minimum absolute atomic E-state index is 0.000321. The lowest BCUT2D eigenvalue weighted by Crippen LogP contribution is -2.30. The van der Waals surface area contributed by atoms with Crippen molar-refractivity contribution in [3.63, 3.8) is 0 Å². The van der Waals surface area contributed by atoms with Gasteiger partial charge >= 0.3 is 29.8 Å². The zero-order valence-electron chi connectivity index (χ0n) is 31.5. The van der Waals surface area contributed by atoms with E-state index in [1.807, 2.05) is 0 Å². The van der Waals surface area contributed by atoms with Crippen molar-refractivity contribution in [3.05, 3.63) is 96.1 Å². The Kier molecular flexibility index (Phi) is 15.8. The smallest absolute Gasteiger partial charge is 0.343 e. The molecule has 296 valence electrons. The molecule has 3 aromatic rings. The van der Waals surface area contributed by atoms with Crippen LogP contribution < -0.4 is 18.9 Å². The zero-order valence-corrected chi connectivity index (χ0v) is 31.5. The van der Waals surface area contributed by atoms with Gasteiger partial charge in [-0.2, -0.15) is 0 Å². The fourth-order valence-corrected chi connectivity index (χ4v) is 6.66. The van der Waals surface area contributed by atoms with Gasteiger partial charge in [0.1, 0.15) is 29.1 Å². The number of unbranched alkanes of at least 4 members (excludes halogenated alkanes) is 3. The minimum atomic E-state index is -0.691. The molecule has 56 heavy (non-hydrogen) atoms. The lowest BCUT2D eigenvalue weighted by Gasteiger charge is -2.27.